The number of pyridine rings is 1. The summed E-state index contributed by atoms with van der Waals surface area (Å²) in [5.41, 5.74) is -0.509. The summed E-state index contributed by atoms with van der Waals surface area (Å²) in [4.78, 5) is 40.7. The molecule has 154 valence electrons. The molecule has 2 N–H and O–H groups in total. The van der Waals surface area contributed by atoms with Crippen molar-refractivity contribution >= 4 is 23.5 Å². The number of aromatic nitrogens is 1. The van der Waals surface area contributed by atoms with Crippen LogP contribution in [0.25, 0.3) is 0 Å². The van der Waals surface area contributed by atoms with Crippen molar-refractivity contribution in [1.82, 2.24) is 15.2 Å². The van der Waals surface area contributed by atoms with E-state index in [9.17, 15) is 24.1 Å². The zero-order chi connectivity index (χ0) is 21.1. The Kier molecular flexibility index (Phi) is 6.37. The number of alkyl carbamates (subject to hydrolysis) is 1. The fourth-order valence-electron chi connectivity index (χ4n) is 2.80. The van der Waals surface area contributed by atoms with Crippen LogP contribution in [0.15, 0.2) is 6.07 Å². The maximum atomic E-state index is 13.4. The van der Waals surface area contributed by atoms with Crippen molar-refractivity contribution in [3.8, 4) is 0 Å². The molecule has 1 aliphatic heterocycles. The Morgan fingerprint density at radius 3 is 2.71 bits per heavy atom. The topological polar surface area (TPSA) is 127 Å². The van der Waals surface area contributed by atoms with Crippen LogP contribution in [-0.2, 0) is 11.2 Å². The predicted molar refractivity (Wildman–Crippen MR) is 99.2 cm³/mol. The lowest BCUT2D eigenvalue weighted by atomic mass is 10.0. The van der Waals surface area contributed by atoms with E-state index in [1.54, 1.807) is 20.8 Å². The quantitative estimate of drug-likeness (QED) is 0.554. The molecule has 10 nitrogen and oxygen atoms in total. The first-order valence-electron chi connectivity index (χ1n) is 8.76. The second-order valence-electron chi connectivity index (χ2n) is 7.36. The number of anilines is 1. The highest BCUT2D eigenvalue weighted by Crippen LogP contribution is 2.28. The van der Waals surface area contributed by atoms with Gasteiger partial charge in [-0.2, -0.15) is 0 Å². The number of carbonyl (C=O) groups is 2. The highest BCUT2D eigenvalue weighted by atomic mass is 19.1. The second kappa shape index (κ2) is 8.36. The number of hydrogen-bond donors (Lipinski definition) is 2. The summed E-state index contributed by atoms with van der Waals surface area (Å²) in [6.07, 6.45) is -0.421. The van der Waals surface area contributed by atoms with Gasteiger partial charge in [0.25, 0.3) is 5.91 Å². The van der Waals surface area contributed by atoms with Crippen molar-refractivity contribution in [2.45, 2.75) is 38.8 Å². The van der Waals surface area contributed by atoms with Gasteiger partial charge < -0.3 is 20.3 Å². The zero-order valence-corrected chi connectivity index (χ0v) is 16.2. The van der Waals surface area contributed by atoms with Crippen LogP contribution < -0.4 is 10.6 Å². The third kappa shape index (κ3) is 5.05. The molecule has 0 bridgehead atoms. The molecular formula is C17H24FN5O5. The minimum absolute atomic E-state index is 0.0817. The first-order valence-corrected chi connectivity index (χ1v) is 8.76. The van der Waals surface area contributed by atoms with E-state index >= 15 is 0 Å². The Morgan fingerprint density at radius 2 is 2.18 bits per heavy atom. The van der Waals surface area contributed by atoms with E-state index in [4.69, 9.17) is 4.74 Å². The molecule has 11 heteroatoms. The number of nitrogens with one attached hydrogen (secondary N) is 2. The molecule has 1 aromatic rings. The molecule has 0 radical (unpaired) electrons. The highest BCUT2D eigenvalue weighted by molar-refractivity contribution is 5.97. The van der Waals surface area contributed by atoms with Crippen LogP contribution in [0.3, 0.4) is 0 Å². The van der Waals surface area contributed by atoms with Gasteiger partial charge in [0.1, 0.15) is 12.3 Å². The van der Waals surface area contributed by atoms with E-state index in [0.717, 1.165) is 0 Å². The number of ether oxygens (including phenoxy) is 1. The molecule has 28 heavy (non-hydrogen) atoms. The summed E-state index contributed by atoms with van der Waals surface area (Å²) in [7, 11) is 1.51. The third-order valence-corrected chi connectivity index (χ3v) is 4.00. The normalized spacial score (nSPS) is 14.9. The fraction of sp³-hybridized carbons (Fsp3) is 0.588. The largest absolute Gasteiger partial charge is 0.444 e. The number of halogens is 1. The maximum absolute atomic E-state index is 13.4. The molecule has 2 rings (SSSR count). The molecule has 0 saturated carbocycles. The first-order chi connectivity index (χ1) is 13.1. The molecule has 0 spiro atoms. The van der Waals surface area contributed by atoms with Crippen LogP contribution in [0.2, 0.25) is 0 Å². The maximum Gasteiger partial charge on any atom is 0.408 e. The molecule has 0 fully saturated rings. The van der Waals surface area contributed by atoms with E-state index in [0.29, 0.717) is 12.1 Å². The summed E-state index contributed by atoms with van der Waals surface area (Å²) in [6.45, 7) is 4.32. The van der Waals surface area contributed by atoms with Gasteiger partial charge in [0.2, 0.25) is 5.82 Å². The number of hydrogen-bond acceptors (Lipinski definition) is 7. The van der Waals surface area contributed by atoms with Gasteiger partial charge in [-0.3, -0.25) is 14.9 Å². The van der Waals surface area contributed by atoms with E-state index < -0.39 is 35.2 Å². The number of nitro groups is 1. The summed E-state index contributed by atoms with van der Waals surface area (Å²) in [6, 6.07) is 0.217. The summed E-state index contributed by atoms with van der Waals surface area (Å²) in [5.74, 6) is -0.415. The lowest BCUT2D eigenvalue weighted by Crippen LogP contribution is -2.50. The third-order valence-electron chi connectivity index (χ3n) is 4.00. The SMILES string of the molecule is CNc1nc2c(cc1[N+](=O)[O-])C(=O)N(CC(CF)NC(=O)OC(C)(C)C)CC2. The summed E-state index contributed by atoms with van der Waals surface area (Å²) < 4.78 is 18.5. The van der Waals surface area contributed by atoms with Gasteiger partial charge >= 0.3 is 11.8 Å². The lowest BCUT2D eigenvalue weighted by molar-refractivity contribution is -0.384. The molecule has 2 amide bonds. The minimum atomic E-state index is -0.958. The number of amides is 2. The van der Waals surface area contributed by atoms with Crippen LogP contribution >= 0.6 is 0 Å². The number of carbonyl (C=O) groups excluding carboxylic acids is 2. The van der Waals surface area contributed by atoms with Crippen molar-refractivity contribution in [2.24, 2.45) is 0 Å². The first kappa shape index (κ1) is 21.3. The average Bonchev–Trinajstić information content (AvgIpc) is 2.60. The Morgan fingerprint density at radius 1 is 1.50 bits per heavy atom. The van der Waals surface area contributed by atoms with Crippen molar-refractivity contribution in [3.63, 3.8) is 0 Å². The Bertz CT molecular complexity index is 780. The fourth-order valence-corrected chi connectivity index (χ4v) is 2.80. The van der Waals surface area contributed by atoms with E-state index in [-0.39, 0.29) is 30.2 Å². The molecule has 1 unspecified atom stereocenters. The van der Waals surface area contributed by atoms with Crippen LogP contribution in [0.5, 0.6) is 0 Å². The Hall–Kier alpha value is -2.98. The standard InChI is InChI=1S/C17H24FN5O5/c1-17(2,3)28-16(25)20-10(8-18)9-22-6-5-12-11(15(22)24)7-13(23(26)27)14(19-4)21-12/h7,10H,5-6,8-9H2,1-4H3,(H,19,21)(H,20,25). The number of rotatable bonds is 6. The van der Waals surface area contributed by atoms with E-state index in [1.807, 2.05) is 0 Å². The molecule has 1 atom stereocenters. The average molecular weight is 397 g/mol. The van der Waals surface area contributed by atoms with Gasteiger partial charge in [-0.1, -0.05) is 0 Å². The predicted octanol–water partition coefficient (Wildman–Crippen LogP) is 1.89. The second-order valence-corrected chi connectivity index (χ2v) is 7.36. The molecule has 1 aliphatic rings. The number of nitrogens with zero attached hydrogens (tertiary/aromatic N) is 3. The van der Waals surface area contributed by atoms with Crippen LogP contribution in [-0.4, -0.2) is 65.3 Å². The summed E-state index contributed by atoms with van der Waals surface area (Å²) >= 11 is 0. The highest BCUT2D eigenvalue weighted by Gasteiger charge is 2.31. The number of fused-ring (bicyclic) bond motifs is 1. The molecular weight excluding hydrogens is 373 g/mol. The van der Waals surface area contributed by atoms with Crippen molar-refractivity contribution in [3.05, 3.63) is 27.4 Å². The van der Waals surface area contributed by atoms with Gasteiger partial charge in [-0.05, 0) is 20.8 Å². The molecule has 1 aromatic heterocycles. The van der Waals surface area contributed by atoms with E-state index in [1.165, 1.54) is 18.0 Å². The van der Waals surface area contributed by atoms with Gasteiger partial charge in [0, 0.05) is 32.6 Å². The van der Waals surface area contributed by atoms with Crippen LogP contribution in [0, 0.1) is 10.1 Å². The van der Waals surface area contributed by atoms with Crippen molar-refractivity contribution < 1.29 is 23.6 Å². The van der Waals surface area contributed by atoms with Gasteiger partial charge in [-0.25, -0.2) is 14.2 Å². The zero-order valence-electron chi connectivity index (χ0n) is 16.2. The Labute approximate surface area is 161 Å². The molecule has 0 saturated heterocycles. The lowest BCUT2D eigenvalue weighted by Gasteiger charge is -2.31. The molecule has 0 aromatic carbocycles. The van der Waals surface area contributed by atoms with Gasteiger partial charge in [0.15, 0.2) is 0 Å². The van der Waals surface area contributed by atoms with Crippen molar-refractivity contribution in [2.75, 3.05) is 32.1 Å². The molecule has 2 heterocycles. The summed E-state index contributed by atoms with van der Waals surface area (Å²) in [5, 5.41) is 16.2. The molecule has 0 aliphatic carbocycles. The minimum Gasteiger partial charge on any atom is -0.444 e. The monoisotopic (exact) mass is 397 g/mol. The smallest absolute Gasteiger partial charge is 0.408 e. The van der Waals surface area contributed by atoms with E-state index in [2.05, 4.69) is 15.6 Å². The van der Waals surface area contributed by atoms with Crippen LogP contribution in [0.1, 0.15) is 36.8 Å². The van der Waals surface area contributed by atoms with Gasteiger partial charge in [-0.15, -0.1) is 0 Å². The van der Waals surface area contributed by atoms with Gasteiger partial charge in [0.05, 0.1) is 22.2 Å². The van der Waals surface area contributed by atoms with Crippen LogP contribution in [0.4, 0.5) is 20.7 Å². The Balaban J connectivity index is 2.15. The van der Waals surface area contributed by atoms with Crippen molar-refractivity contribution in [1.29, 1.82) is 0 Å². The number of alkyl halides is 1.